The highest BCUT2D eigenvalue weighted by Gasteiger charge is 2.05. The van der Waals surface area contributed by atoms with E-state index in [-0.39, 0.29) is 12.4 Å². The molecular formula is C19H15N3O3. The number of rotatable bonds is 6. The third-order valence-electron chi connectivity index (χ3n) is 3.44. The summed E-state index contributed by atoms with van der Waals surface area (Å²) in [6, 6.07) is 12.5. The van der Waals surface area contributed by atoms with E-state index >= 15 is 0 Å². The molecular weight excluding hydrogens is 318 g/mol. The van der Waals surface area contributed by atoms with E-state index in [4.69, 9.17) is 14.4 Å². The van der Waals surface area contributed by atoms with Gasteiger partial charge < -0.3 is 9.15 Å². The Hall–Kier alpha value is -3.59. The van der Waals surface area contributed by atoms with Crippen molar-refractivity contribution in [2.24, 2.45) is 7.05 Å². The normalized spacial score (nSPS) is 10.7. The Morgan fingerprint density at radius 2 is 2.12 bits per heavy atom. The SMILES string of the molecule is Cn1cc(C(=O)/C=C/c2ccc(COc3ccc(C#N)cc3)o2)cn1. The summed E-state index contributed by atoms with van der Waals surface area (Å²) in [6.45, 7) is 0.260. The number of hydrogen-bond acceptors (Lipinski definition) is 5. The predicted octanol–water partition coefficient (Wildman–Crippen LogP) is 3.36. The van der Waals surface area contributed by atoms with Crippen LogP contribution in [-0.4, -0.2) is 15.6 Å². The first-order chi connectivity index (χ1) is 12.1. The maximum atomic E-state index is 12.0. The van der Waals surface area contributed by atoms with Gasteiger partial charge in [0.25, 0.3) is 0 Å². The number of allylic oxidation sites excluding steroid dienone is 1. The number of aromatic nitrogens is 2. The van der Waals surface area contributed by atoms with Crippen molar-refractivity contribution in [3.05, 3.63) is 77.5 Å². The molecule has 0 atom stereocenters. The molecule has 6 nitrogen and oxygen atoms in total. The lowest BCUT2D eigenvalue weighted by molar-refractivity contribution is 0.104. The highest BCUT2D eigenvalue weighted by atomic mass is 16.5. The molecule has 0 aliphatic heterocycles. The average molecular weight is 333 g/mol. The Morgan fingerprint density at radius 3 is 2.80 bits per heavy atom. The summed E-state index contributed by atoms with van der Waals surface area (Å²) >= 11 is 0. The number of furan rings is 1. The molecule has 124 valence electrons. The van der Waals surface area contributed by atoms with Gasteiger partial charge in [-0.1, -0.05) is 0 Å². The molecule has 0 unspecified atom stereocenters. The second-order valence-electron chi connectivity index (χ2n) is 5.33. The molecule has 0 N–H and O–H groups in total. The molecule has 0 saturated heterocycles. The highest BCUT2D eigenvalue weighted by molar-refractivity contribution is 6.06. The van der Waals surface area contributed by atoms with Crippen LogP contribution in [0, 0.1) is 11.3 Å². The zero-order valence-electron chi connectivity index (χ0n) is 13.5. The van der Waals surface area contributed by atoms with Crippen molar-refractivity contribution < 1.29 is 13.9 Å². The maximum Gasteiger partial charge on any atom is 0.189 e. The van der Waals surface area contributed by atoms with Gasteiger partial charge in [-0.25, -0.2) is 0 Å². The number of ketones is 1. The van der Waals surface area contributed by atoms with Gasteiger partial charge in [-0.15, -0.1) is 0 Å². The van der Waals surface area contributed by atoms with Gasteiger partial charge in [0, 0.05) is 13.2 Å². The topological polar surface area (TPSA) is 81.0 Å². The number of nitriles is 1. The second kappa shape index (κ2) is 7.32. The van der Waals surface area contributed by atoms with E-state index < -0.39 is 0 Å². The first-order valence-corrected chi connectivity index (χ1v) is 7.57. The van der Waals surface area contributed by atoms with E-state index in [1.165, 1.54) is 12.3 Å². The Morgan fingerprint density at radius 1 is 1.32 bits per heavy atom. The summed E-state index contributed by atoms with van der Waals surface area (Å²) in [5, 5.41) is 12.7. The van der Waals surface area contributed by atoms with Crippen LogP contribution >= 0.6 is 0 Å². The minimum absolute atomic E-state index is 0.139. The van der Waals surface area contributed by atoms with E-state index in [9.17, 15) is 4.79 Å². The summed E-state index contributed by atoms with van der Waals surface area (Å²) in [4.78, 5) is 12.0. The lowest BCUT2D eigenvalue weighted by atomic mass is 10.2. The van der Waals surface area contributed by atoms with E-state index in [1.54, 1.807) is 60.4 Å². The third kappa shape index (κ3) is 4.24. The average Bonchev–Trinajstić information content (AvgIpc) is 3.27. The molecule has 2 heterocycles. The molecule has 0 aliphatic carbocycles. The van der Waals surface area contributed by atoms with Gasteiger partial charge in [0.2, 0.25) is 0 Å². The van der Waals surface area contributed by atoms with Crippen molar-refractivity contribution in [3.63, 3.8) is 0 Å². The first-order valence-electron chi connectivity index (χ1n) is 7.57. The number of nitrogens with zero attached hydrogens (tertiary/aromatic N) is 3. The van der Waals surface area contributed by atoms with Crippen molar-refractivity contribution in [2.45, 2.75) is 6.61 Å². The molecule has 2 aromatic heterocycles. The van der Waals surface area contributed by atoms with Crippen LogP contribution in [0.5, 0.6) is 5.75 Å². The van der Waals surface area contributed by atoms with Crippen LogP contribution in [0.15, 0.2) is 59.3 Å². The molecule has 3 rings (SSSR count). The van der Waals surface area contributed by atoms with Gasteiger partial charge in [0.15, 0.2) is 5.78 Å². The molecule has 6 heteroatoms. The summed E-state index contributed by atoms with van der Waals surface area (Å²) in [5.74, 6) is 1.72. The zero-order valence-corrected chi connectivity index (χ0v) is 13.5. The second-order valence-corrected chi connectivity index (χ2v) is 5.33. The molecule has 3 aromatic rings. The van der Waals surface area contributed by atoms with Gasteiger partial charge in [-0.2, -0.15) is 10.4 Å². The van der Waals surface area contributed by atoms with E-state index in [1.807, 2.05) is 0 Å². The third-order valence-corrected chi connectivity index (χ3v) is 3.44. The fraction of sp³-hybridized carbons (Fsp3) is 0.105. The Kier molecular flexibility index (Phi) is 4.77. The molecule has 1 aromatic carbocycles. The standard InChI is InChI=1S/C19H15N3O3/c1-22-12-15(11-21-22)19(23)9-8-17-6-7-18(25-17)13-24-16-4-2-14(10-20)3-5-16/h2-9,11-12H,13H2,1H3/b9-8+. The maximum absolute atomic E-state index is 12.0. The smallest absolute Gasteiger partial charge is 0.189 e. The quantitative estimate of drug-likeness (QED) is 0.510. The molecule has 0 bridgehead atoms. The van der Waals surface area contributed by atoms with Crippen LogP contribution in [0.4, 0.5) is 0 Å². The van der Waals surface area contributed by atoms with Crippen molar-refractivity contribution in [3.8, 4) is 11.8 Å². The Labute approximate surface area is 144 Å². The van der Waals surface area contributed by atoms with Gasteiger partial charge >= 0.3 is 0 Å². The largest absolute Gasteiger partial charge is 0.486 e. The number of ether oxygens (including phenoxy) is 1. The van der Waals surface area contributed by atoms with Gasteiger partial charge in [-0.3, -0.25) is 9.48 Å². The summed E-state index contributed by atoms with van der Waals surface area (Å²) in [7, 11) is 1.76. The number of benzene rings is 1. The number of hydrogen-bond donors (Lipinski definition) is 0. The Balaban J connectivity index is 1.57. The van der Waals surface area contributed by atoms with Crippen LogP contribution in [0.3, 0.4) is 0 Å². The van der Waals surface area contributed by atoms with Gasteiger partial charge in [0.05, 0.1) is 23.4 Å². The van der Waals surface area contributed by atoms with Crippen molar-refractivity contribution >= 4 is 11.9 Å². The molecule has 0 saturated carbocycles. The Bertz CT molecular complexity index is 943. The number of carbonyl (C=O) groups excluding carboxylic acids is 1. The van der Waals surface area contributed by atoms with E-state index in [0.717, 1.165) is 0 Å². The minimum atomic E-state index is -0.139. The van der Waals surface area contributed by atoms with E-state index in [0.29, 0.717) is 28.4 Å². The minimum Gasteiger partial charge on any atom is -0.486 e. The van der Waals surface area contributed by atoms with Crippen molar-refractivity contribution in [1.29, 1.82) is 5.26 Å². The fourth-order valence-electron chi connectivity index (χ4n) is 2.14. The van der Waals surface area contributed by atoms with Gasteiger partial charge in [-0.05, 0) is 48.6 Å². The zero-order chi connectivity index (χ0) is 17.6. The van der Waals surface area contributed by atoms with Crippen molar-refractivity contribution in [2.75, 3.05) is 0 Å². The summed E-state index contributed by atoms with van der Waals surface area (Å²) in [6.07, 6.45) is 6.24. The van der Waals surface area contributed by atoms with Gasteiger partial charge in [0.1, 0.15) is 23.9 Å². The lowest BCUT2D eigenvalue weighted by Gasteiger charge is -2.03. The van der Waals surface area contributed by atoms with Crippen LogP contribution in [0.2, 0.25) is 0 Å². The highest BCUT2D eigenvalue weighted by Crippen LogP contribution is 2.16. The van der Waals surface area contributed by atoms with Crippen LogP contribution in [0.1, 0.15) is 27.4 Å². The number of carbonyl (C=O) groups is 1. The molecule has 0 fully saturated rings. The van der Waals surface area contributed by atoms with Crippen LogP contribution in [0.25, 0.3) is 6.08 Å². The van der Waals surface area contributed by atoms with Crippen LogP contribution in [-0.2, 0) is 13.7 Å². The lowest BCUT2D eigenvalue weighted by Crippen LogP contribution is -1.93. The molecule has 25 heavy (non-hydrogen) atoms. The van der Waals surface area contributed by atoms with Crippen molar-refractivity contribution in [1.82, 2.24) is 9.78 Å². The van der Waals surface area contributed by atoms with E-state index in [2.05, 4.69) is 11.2 Å². The number of aryl methyl sites for hydroxylation is 1. The monoisotopic (exact) mass is 333 g/mol. The molecule has 0 radical (unpaired) electrons. The molecule has 0 spiro atoms. The summed E-state index contributed by atoms with van der Waals surface area (Å²) in [5.41, 5.74) is 1.10. The summed E-state index contributed by atoms with van der Waals surface area (Å²) < 4.78 is 12.8. The molecule has 0 aliphatic rings. The fourth-order valence-corrected chi connectivity index (χ4v) is 2.14. The van der Waals surface area contributed by atoms with Crippen LogP contribution < -0.4 is 4.74 Å². The predicted molar refractivity (Wildman–Crippen MR) is 90.8 cm³/mol. The molecule has 0 amide bonds. The first kappa shape index (κ1) is 16.3.